The molecule has 0 aliphatic heterocycles. The monoisotopic (exact) mass is 304 g/mol. The predicted octanol–water partition coefficient (Wildman–Crippen LogP) is 2.50. The highest BCUT2D eigenvalue weighted by molar-refractivity contribution is 9.10. The van der Waals surface area contributed by atoms with E-state index in [-0.39, 0.29) is 11.3 Å². The first-order chi connectivity index (χ1) is 7.32. The van der Waals surface area contributed by atoms with Crippen LogP contribution in [0.2, 0.25) is 0 Å². The number of halogens is 1. The number of carbonyl (C=O) groups excluding carboxylic acids is 1. The molecular formula is C11H17BrN2OS. The number of amides is 1. The third-order valence-corrected chi connectivity index (χ3v) is 4.26. The van der Waals surface area contributed by atoms with E-state index in [0.29, 0.717) is 6.54 Å². The second-order valence-corrected chi connectivity index (χ2v) is 6.61. The Hall–Kier alpha value is -0.390. The fourth-order valence-corrected chi connectivity index (χ4v) is 2.55. The molecule has 0 aliphatic rings. The van der Waals surface area contributed by atoms with Crippen molar-refractivity contribution in [3.05, 3.63) is 20.8 Å². The van der Waals surface area contributed by atoms with Crippen molar-refractivity contribution in [1.29, 1.82) is 0 Å². The molecule has 1 aromatic heterocycles. The number of carbonyl (C=O) groups is 1. The number of nitrogens with two attached hydrogens (primary N) is 1. The number of rotatable bonds is 3. The molecular weight excluding hydrogens is 288 g/mol. The van der Waals surface area contributed by atoms with Gasteiger partial charge < -0.3 is 11.1 Å². The summed E-state index contributed by atoms with van der Waals surface area (Å²) in [6, 6.07) is 1.49. The second kappa shape index (κ2) is 5.29. The van der Waals surface area contributed by atoms with Crippen LogP contribution in [0.3, 0.4) is 0 Å². The normalized spacial score (nSPS) is 13.6. The van der Waals surface area contributed by atoms with Crippen molar-refractivity contribution in [2.24, 2.45) is 11.1 Å². The second-order valence-electron chi connectivity index (χ2n) is 4.75. The maximum absolute atomic E-state index is 11.7. The van der Waals surface area contributed by atoms with Gasteiger partial charge in [-0.15, -0.1) is 11.3 Å². The standard InChI is InChI=1S/C11H17BrN2OS/c1-11(2,3)9(13)10(15)14-6-8-7(12)4-5-16-8/h4-5,9H,6,13H2,1-3H3,(H,14,15). The molecule has 3 nitrogen and oxygen atoms in total. The molecule has 1 rings (SSSR count). The number of nitrogens with one attached hydrogen (secondary N) is 1. The first kappa shape index (κ1) is 13.7. The molecule has 1 heterocycles. The fraction of sp³-hybridized carbons (Fsp3) is 0.545. The number of thiophene rings is 1. The Morgan fingerprint density at radius 3 is 2.69 bits per heavy atom. The minimum Gasteiger partial charge on any atom is -0.350 e. The van der Waals surface area contributed by atoms with Crippen LogP contribution in [0.15, 0.2) is 15.9 Å². The Balaban J connectivity index is 2.51. The first-order valence-electron chi connectivity index (χ1n) is 5.07. The van der Waals surface area contributed by atoms with Gasteiger partial charge in [0, 0.05) is 9.35 Å². The van der Waals surface area contributed by atoms with Crippen molar-refractivity contribution >= 4 is 33.2 Å². The van der Waals surface area contributed by atoms with E-state index >= 15 is 0 Å². The van der Waals surface area contributed by atoms with E-state index in [4.69, 9.17) is 5.73 Å². The summed E-state index contributed by atoms with van der Waals surface area (Å²) >= 11 is 5.03. The van der Waals surface area contributed by atoms with Crippen LogP contribution in [0.25, 0.3) is 0 Å². The van der Waals surface area contributed by atoms with E-state index in [0.717, 1.165) is 9.35 Å². The van der Waals surface area contributed by atoms with Crippen LogP contribution >= 0.6 is 27.3 Å². The van der Waals surface area contributed by atoms with Crippen molar-refractivity contribution in [2.75, 3.05) is 0 Å². The highest BCUT2D eigenvalue weighted by Gasteiger charge is 2.27. The molecule has 5 heteroatoms. The summed E-state index contributed by atoms with van der Waals surface area (Å²) in [5.41, 5.74) is 5.64. The molecule has 0 saturated carbocycles. The lowest BCUT2D eigenvalue weighted by atomic mass is 9.87. The zero-order chi connectivity index (χ0) is 12.3. The fourth-order valence-electron chi connectivity index (χ4n) is 1.12. The molecule has 0 aliphatic carbocycles. The topological polar surface area (TPSA) is 55.1 Å². The summed E-state index contributed by atoms with van der Waals surface area (Å²) in [5.74, 6) is -0.104. The van der Waals surface area contributed by atoms with Crippen LogP contribution in [0.5, 0.6) is 0 Å². The molecule has 0 radical (unpaired) electrons. The minimum atomic E-state index is -0.480. The Morgan fingerprint density at radius 2 is 2.25 bits per heavy atom. The Morgan fingerprint density at radius 1 is 1.62 bits per heavy atom. The minimum absolute atomic E-state index is 0.104. The van der Waals surface area contributed by atoms with Gasteiger partial charge in [-0.3, -0.25) is 4.79 Å². The number of hydrogen-bond donors (Lipinski definition) is 2. The Kier molecular flexibility index (Phi) is 4.52. The van der Waals surface area contributed by atoms with Gasteiger partial charge in [-0.2, -0.15) is 0 Å². The maximum Gasteiger partial charge on any atom is 0.237 e. The van der Waals surface area contributed by atoms with Crippen molar-refractivity contribution in [3.8, 4) is 0 Å². The average Bonchev–Trinajstić information content (AvgIpc) is 2.58. The lowest BCUT2D eigenvalue weighted by Crippen LogP contribution is -2.48. The lowest BCUT2D eigenvalue weighted by molar-refractivity contribution is -0.124. The smallest absolute Gasteiger partial charge is 0.237 e. The van der Waals surface area contributed by atoms with Crippen LogP contribution < -0.4 is 11.1 Å². The van der Waals surface area contributed by atoms with Crippen LogP contribution in [-0.4, -0.2) is 11.9 Å². The molecule has 0 spiro atoms. The van der Waals surface area contributed by atoms with E-state index in [2.05, 4.69) is 21.2 Å². The third kappa shape index (κ3) is 3.57. The Bertz CT molecular complexity index is 370. The van der Waals surface area contributed by atoms with Crippen LogP contribution in [-0.2, 0) is 11.3 Å². The summed E-state index contributed by atoms with van der Waals surface area (Å²) < 4.78 is 1.03. The summed E-state index contributed by atoms with van der Waals surface area (Å²) in [6.45, 7) is 6.40. The number of hydrogen-bond acceptors (Lipinski definition) is 3. The summed E-state index contributed by atoms with van der Waals surface area (Å²) in [6.07, 6.45) is 0. The SMILES string of the molecule is CC(C)(C)C(N)C(=O)NCc1sccc1Br. The zero-order valence-corrected chi connectivity index (χ0v) is 12.1. The molecule has 1 unspecified atom stereocenters. The molecule has 0 aromatic carbocycles. The molecule has 1 aromatic rings. The molecule has 0 saturated heterocycles. The quantitative estimate of drug-likeness (QED) is 0.901. The van der Waals surface area contributed by atoms with Gasteiger partial charge >= 0.3 is 0 Å². The molecule has 90 valence electrons. The van der Waals surface area contributed by atoms with Gasteiger partial charge in [0.2, 0.25) is 5.91 Å². The molecule has 0 fully saturated rings. The van der Waals surface area contributed by atoms with Crippen LogP contribution in [0.1, 0.15) is 25.6 Å². The van der Waals surface area contributed by atoms with Gasteiger partial charge in [0.1, 0.15) is 0 Å². The highest BCUT2D eigenvalue weighted by atomic mass is 79.9. The van der Waals surface area contributed by atoms with E-state index in [1.807, 2.05) is 32.2 Å². The molecule has 1 amide bonds. The first-order valence-corrected chi connectivity index (χ1v) is 6.75. The van der Waals surface area contributed by atoms with E-state index in [9.17, 15) is 4.79 Å². The van der Waals surface area contributed by atoms with Gasteiger partial charge in [-0.05, 0) is 32.8 Å². The highest BCUT2D eigenvalue weighted by Crippen LogP contribution is 2.22. The van der Waals surface area contributed by atoms with Gasteiger partial charge in [-0.1, -0.05) is 20.8 Å². The van der Waals surface area contributed by atoms with Gasteiger partial charge in [0.05, 0.1) is 12.6 Å². The van der Waals surface area contributed by atoms with Crippen molar-refractivity contribution in [1.82, 2.24) is 5.32 Å². The summed E-state index contributed by atoms with van der Waals surface area (Å²) in [7, 11) is 0. The predicted molar refractivity (Wildman–Crippen MR) is 71.3 cm³/mol. The van der Waals surface area contributed by atoms with E-state index in [1.54, 1.807) is 11.3 Å². The lowest BCUT2D eigenvalue weighted by Gasteiger charge is -2.25. The van der Waals surface area contributed by atoms with Crippen LogP contribution in [0.4, 0.5) is 0 Å². The van der Waals surface area contributed by atoms with Crippen molar-refractivity contribution < 1.29 is 4.79 Å². The van der Waals surface area contributed by atoms with E-state index in [1.165, 1.54) is 0 Å². The molecule has 0 bridgehead atoms. The van der Waals surface area contributed by atoms with Crippen molar-refractivity contribution in [3.63, 3.8) is 0 Å². The molecule has 1 atom stereocenters. The van der Waals surface area contributed by atoms with E-state index < -0.39 is 6.04 Å². The summed E-state index contributed by atoms with van der Waals surface area (Å²) in [4.78, 5) is 12.9. The van der Waals surface area contributed by atoms with Gasteiger partial charge in [0.25, 0.3) is 0 Å². The maximum atomic E-state index is 11.7. The molecule has 16 heavy (non-hydrogen) atoms. The zero-order valence-electron chi connectivity index (χ0n) is 9.71. The van der Waals surface area contributed by atoms with Gasteiger partial charge in [-0.25, -0.2) is 0 Å². The third-order valence-electron chi connectivity index (χ3n) is 2.33. The Labute approximate surface area is 109 Å². The van der Waals surface area contributed by atoms with Crippen LogP contribution in [0, 0.1) is 5.41 Å². The summed E-state index contributed by atoms with van der Waals surface area (Å²) in [5, 5.41) is 4.83. The average molecular weight is 305 g/mol. The largest absolute Gasteiger partial charge is 0.350 e. The van der Waals surface area contributed by atoms with Gasteiger partial charge in [0.15, 0.2) is 0 Å². The molecule has 3 N–H and O–H groups in total. The van der Waals surface area contributed by atoms with Crippen molar-refractivity contribution in [2.45, 2.75) is 33.4 Å².